The number of urea groups is 1. The molecule has 1 aromatic heterocycles. The Morgan fingerprint density at radius 2 is 1.67 bits per heavy atom. The van der Waals surface area contributed by atoms with E-state index < -0.39 is 34.6 Å². The highest BCUT2D eigenvalue weighted by molar-refractivity contribution is 6.33. The first kappa shape index (κ1) is 43.9. The van der Waals surface area contributed by atoms with Gasteiger partial charge in [-0.15, -0.1) is 0 Å². The van der Waals surface area contributed by atoms with Gasteiger partial charge in [0.1, 0.15) is 5.76 Å². The number of hydrogen-bond donors (Lipinski definition) is 3. The van der Waals surface area contributed by atoms with E-state index in [4.69, 9.17) is 16.0 Å². The van der Waals surface area contributed by atoms with Crippen LogP contribution in [-0.2, 0) is 19.1 Å². The average Bonchev–Trinajstić information content (AvgIpc) is 3.85. The predicted octanol–water partition coefficient (Wildman–Crippen LogP) is 12.8. The maximum Gasteiger partial charge on any atom is 0.416 e. The molecule has 4 unspecified atom stereocenters. The molecule has 1 fully saturated rings. The van der Waals surface area contributed by atoms with Crippen LogP contribution >= 0.6 is 11.6 Å². The van der Waals surface area contributed by atoms with E-state index in [1.165, 1.54) is 12.1 Å². The lowest BCUT2D eigenvalue weighted by Crippen LogP contribution is -2.54. The van der Waals surface area contributed by atoms with Crippen LogP contribution in [0, 0.1) is 5.41 Å². The normalized spacial score (nSPS) is 21.7. The van der Waals surface area contributed by atoms with Gasteiger partial charge in [0.2, 0.25) is 5.78 Å². The van der Waals surface area contributed by atoms with Gasteiger partial charge in [-0.1, -0.05) is 103 Å². The number of amides is 2. The highest BCUT2D eigenvalue weighted by Crippen LogP contribution is 2.59. The molecule has 1 heterocycles. The SMILES string of the molecule is CC1=CCCC2(C)C(CCC2(O)CN(Cc2cccc3ccccc23)C(=O)Nc2ccccc2)c2ccc(cc2C(=O)c2ccc(-c3cc(C(F)(F)F)ccc3Cl)o2)CC(O)CC1. The maximum atomic E-state index is 14.8. The highest BCUT2D eigenvalue weighted by Gasteiger charge is 2.58. The summed E-state index contributed by atoms with van der Waals surface area (Å²) in [6.45, 7) is 4.32. The summed E-state index contributed by atoms with van der Waals surface area (Å²) in [6, 6.07) is 34.3. The maximum absolute atomic E-state index is 14.8. The number of carbonyl (C=O) groups excluding carboxylic acids is 2. The number of hydrogen-bond acceptors (Lipinski definition) is 5. The fourth-order valence-electron chi connectivity index (χ4n) is 9.70. The number of allylic oxidation sites excluding steroid dienone is 2. The summed E-state index contributed by atoms with van der Waals surface area (Å²) < 4.78 is 47.1. The molecule has 9 rings (SSSR count). The quantitative estimate of drug-likeness (QED) is 0.104. The Balaban J connectivity index is 1.20. The molecule has 7 nitrogen and oxygen atoms in total. The molecule has 0 spiro atoms. The lowest BCUT2D eigenvalue weighted by molar-refractivity contribution is -0.137. The number of ketones is 1. The molecule has 326 valence electrons. The molecule has 0 aliphatic heterocycles. The van der Waals surface area contributed by atoms with Crippen LogP contribution in [0.15, 0.2) is 137 Å². The van der Waals surface area contributed by atoms with Crippen LogP contribution in [0.25, 0.3) is 22.1 Å². The summed E-state index contributed by atoms with van der Waals surface area (Å²) in [6.07, 6.45) is 0.293. The Kier molecular flexibility index (Phi) is 12.4. The molecule has 3 aliphatic rings. The van der Waals surface area contributed by atoms with Crippen LogP contribution < -0.4 is 5.32 Å². The number of para-hydroxylation sites is 1. The van der Waals surface area contributed by atoms with Gasteiger partial charge in [-0.25, -0.2) is 4.79 Å². The molecule has 11 heteroatoms. The Morgan fingerprint density at radius 3 is 2.46 bits per heavy atom. The van der Waals surface area contributed by atoms with Crippen molar-refractivity contribution in [2.45, 2.75) is 89.1 Å². The molecular weight excluding hydrogens is 825 g/mol. The lowest BCUT2D eigenvalue weighted by atomic mass is 9.64. The van der Waals surface area contributed by atoms with E-state index in [0.29, 0.717) is 61.8 Å². The summed E-state index contributed by atoms with van der Waals surface area (Å²) in [5.41, 5.74) is 1.19. The van der Waals surface area contributed by atoms with Crippen LogP contribution in [0.3, 0.4) is 0 Å². The number of nitrogens with zero attached hydrogens (tertiary/aromatic N) is 1. The van der Waals surface area contributed by atoms with Crippen molar-refractivity contribution in [3.63, 3.8) is 0 Å². The number of rotatable bonds is 8. The second-order valence-electron chi connectivity index (χ2n) is 17.4. The summed E-state index contributed by atoms with van der Waals surface area (Å²) >= 11 is 6.37. The zero-order valence-electron chi connectivity index (χ0n) is 35.2. The van der Waals surface area contributed by atoms with Gasteiger partial charge in [-0.3, -0.25) is 4.79 Å². The number of aliphatic hydroxyl groups excluding tert-OH is 1. The van der Waals surface area contributed by atoms with E-state index in [9.17, 15) is 33.0 Å². The van der Waals surface area contributed by atoms with Crippen LogP contribution in [0.5, 0.6) is 0 Å². The van der Waals surface area contributed by atoms with Gasteiger partial charge in [-0.05, 0) is 134 Å². The van der Waals surface area contributed by atoms with Gasteiger partial charge in [-0.2, -0.15) is 13.2 Å². The average molecular weight is 875 g/mol. The monoisotopic (exact) mass is 874 g/mol. The predicted molar refractivity (Wildman–Crippen MR) is 241 cm³/mol. The first-order valence-corrected chi connectivity index (χ1v) is 21.8. The fourth-order valence-corrected chi connectivity index (χ4v) is 9.91. The van der Waals surface area contributed by atoms with Crippen molar-refractivity contribution in [1.29, 1.82) is 0 Å². The van der Waals surface area contributed by atoms with E-state index in [0.717, 1.165) is 45.7 Å². The molecule has 2 bridgehead atoms. The zero-order valence-corrected chi connectivity index (χ0v) is 36.0. The smallest absolute Gasteiger partial charge is 0.416 e. The number of fused-ring (bicyclic) bond motifs is 9. The fraction of sp³-hybridized carbons (Fsp3) is 0.308. The topological polar surface area (TPSA) is 103 Å². The van der Waals surface area contributed by atoms with E-state index in [2.05, 4.69) is 18.3 Å². The third-order valence-electron chi connectivity index (χ3n) is 13.3. The van der Waals surface area contributed by atoms with Crippen molar-refractivity contribution >= 4 is 39.9 Å². The largest absolute Gasteiger partial charge is 0.453 e. The minimum atomic E-state index is -4.62. The lowest BCUT2D eigenvalue weighted by Gasteiger charge is -2.46. The molecule has 5 aromatic carbocycles. The molecule has 0 saturated heterocycles. The van der Waals surface area contributed by atoms with E-state index in [-0.39, 0.29) is 47.1 Å². The number of alkyl halides is 3. The van der Waals surface area contributed by atoms with Gasteiger partial charge < -0.3 is 24.8 Å². The first-order chi connectivity index (χ1) is 30.1. The van der Waals surface area contributed by atoms with Crippen molar-refractivity contribution in [1.82, 2.24) is 4.90 Å². The molecule has 2 amide bonds. The Bertz CT molecular complexity index is 2670. The number of benzene rings is 5. The van der Waals surface area contributed by atoms with Gasteiger partial charge >= 0.3 is 12.2 Å². The molecule has 3 N–H and O–H groups in total. The van der Waals surface area contributed by atoms with Crippen LogP contribution in [0.1, 0.15) is 96.7 Å². The van der Waals surface area contributed by atoms with Gasteiger partial charge in [0.15, 0.2) is 5.76 Å². The third-order valence-corrected chi connectivity index (χ3v) is 13.6. The third kappa shape index (κ3) is 9.21. The second-order valence-corrected chi connectivity index (χ2v) is 17.8. The Hall–Kier alpha value is -5.68. The van der Waals surface area contributed by atoms with E-state index in [1.807, 2.05) is 91.9 Å². The first-order valence-electron chi connectivity index (χ1n) is 21.4. The van der Waals surface area contributed by atoms with Gasteiger partial charge in [0.05, 0.1) is 28.8 Å². The van der Waals surface area contributed by atoms with E-state index >= 15 is 0 Å². The highest BCUT2D eigenvalue weighted by atomic mass is 35.5. The van der Waals surface area contributed by atoms with Crippen LogP contribution in [0.4, 0.5) is 23.7 Å². The molecule has 1 saturated carbocycles. The van der Waals surface area contributed by atoms with Crippen molar-refractivity contribution in [2.24, 2.45) is 5.41 Å². The molecule has 6 aromatic rings. The Labute approximate surface area is 370 Å². The van der Waals surface area contributed by atoms with Gasteiger partial charge in [0, 0.05) is 28.8 Å². The molecule has 0 radical (unpaired) electrons. The molecule has 3 aliphatic carbocycles. The summed E-state index contributed by atoms with van der Waals surface area (Å²) in [7, 11) is 0. The number of aliphatic hydroxyl groups is 2. The summed E-state index contributed by atoms with van der Waals surface area (Å²) in [5.74, 6) is -0.949. The van der Waals surface area contributed by atoms with Crippen molar-refractivity contribution in [3.8, 4) is 11.3 Å². The van der Waals surface area contributed by atoms with Gasteiger partial charge in [0.25, 0.3) is 0 Å². The van der Waals surface area contributed by atoms with Crippen LogP contribution in [-0.4, -0.2) is 45.2 Å². The summed E-state index contributed by atoms with van der Waals surface area (Å²) in [4.78, 5) is 30.9. The minimum absolute atomic E-state index is 0.00164. The number of carbonyl (C=O) groups is 2. The number of furan rings is 1. The second kappa shape index (κ2) is 17.8. The molecule has 63 heavy (non-hydrogen) atoms. The molecule has 4 atom stereocenters. The number of anilines is 1. The van der Waals surface area contributed by atoms with Crippen molar-refractivity contribution < 1.29 is 37.4 Å². The minimum Gasteiger partial charge on any atom is -0.453 e. The molecular formula is C52H50ClF3N2O5. The Morgan fingerprint density at radius 1 is 0.905 bits per heavy atom. The number of halogens is 4. The van der Waals surface area contributed by atoms with Crippen molar-refractivity contribution in [2.75, 3.05) is 11.9 Å². The van der Waals surface area contributed by atoms with E-state index in [1.54, 1.807) is 11.0 Å². The zero-order chi connectivity index (χ0) is 44.5. The summed E-state index contributed by atoms with van der Waals surface area (Å²) in [5, 5.41) is 29.5. The van der Waals surface area contributed by atoms with Crippen LogP contribution in [0.2, 0.25) is 5.02 Å². The number of nitrogens with one attached hydrogen (secondary N) is 1. The van der Waals surface area contributed by atoms with Crippen molar-refractivity contribution in [3.05, 3.63) is 172 Å². The standard InChI is InChI=1S/C52H50ClF3N2O5/c1-33-10-9-26-50(2)44(25-27-51(50,62)32-58(49(61)57-38-14-4-3-5-15-38)31-36-13-8-12-35-11-6-7-16-40(35)36)41-21-18-34(28-39(59)20-17-33)29-42(41)48(60)47-24-23-46(63-47)43-30-37(52(54,55)56)19-22-45(43)53/h3-8,10-16,18-19,21-24,29-30,39,44,59,62H,9,17,20,25-28,31-32H2,1-2H3,(H,57,61).